The molecule has 1 rings (SSSR count). The number of hydrogen-bond donors (Lipinski definition) is 1. The van der Waals surface area contributed by atoms with E-state index in [4.69, 9.17) is 5.11 Å². The summed E-state index contributed by atoms with van der Waals surface area (Å²) < 4.78 is 0.574. The molecule has 0 saturated carbocycles. The van der Waals surface area contributed by atoms with Crippen molar-refractivity contribution in [3.05, 3.63) is 32.9 Å². The fraction of sp³-hybridized carbons (Fsp3) is 0. The Morgan fingerprint density at radius 2 is 2.17 bits per heavy atom. The van der Waals surface area contributed by atoms with Crippen LogP contribution in [0.2, 0.25) is 0 Å². The molecular formula is C8H5IO3. The molecule has 62 valence electrons. The maximum absolute atomic E-state index is 10.5. The molecule has 0 aliphatic carbocycles. The van der Waals surface area contributed by atoms with Crippen molar-refractivity contribution in [2.24, 2.45) is 0 Å². The van der Waals surface area contributed by atoms with E-state index in [-0.39, 0.29) is 5.56 Å². The van der Waals surface area contributed by atoms with Crippen LogP contribution in [0.4, 0.5) is 0 Å². The Labute approximate surface area is 82.5 Å². The second-order valence-corrected chi connectivity index (χ2v) is 3.32. The topological polar surface area (TPSA) is 54.4 Å². The van der Waals surface area contributed by atoms with Gasteiger partial charge in [0.1, 0.15) is 6.29 Å². The van der Waals surface area contributed by atoms with Crippen molar-refractivity contribution in [3.63, 3.8) is 0 Å². The monoisotopic (exact) mass is 276 g/mol. The van der Waals surface area contributed by atoms with Crippen molar-refractivity contribution in [2.75, 3.05) is 0 Å². The number of rotatable bonds is 2. The summed E-state index contributed by atoms with van der Waals surface area (Å²) in [5.41, 5.74) is 0.714. The highest BCUT2D eigenvalue weighted by Crippen LogP contribution is 2.13. The molecule has 0 amide bonds. The van der Waals surface area contributed by atoms with Crippen molar-refractivity contribution >= 4 is 34.8 Å². The first-order valence-corrected chi connectivity index (χ1v) is 4.21. The van der Waals surface area contributed by atoms with Gasteiger partial charge in [-0.1, -0.05) is 6.07 Å². The quantitative estimate of drug-likeness (QED) is 0.662. The summed E-state index contributed by atoms with van der Waals surface area (Å²) in [6, 6.07) is 4.45. The van der Waals surface area contributed by atoms with Gasteiger partial charge in [0.05, 0.1) is 5.56 Å². The molecule has 0 heterocycles. The van der Waals surface area contributed by atoms with E-state index in [1.54, 1.807) is 0 Å². The standard InChI is InChI=1S/C8H5IO3/c9-7-3-5(4-10)1-2-6(7)8(11)12/h1-4H,(H,11,12). The summed E-state index contributed by atoms with van der Waals surface area (Å²) in [7, 11) is 0. The molecular weight excluding hydrogens is 271 g/mol. The van der Waals surface area contributed by atoms with E-state index in [9.17, 15) is 9.59 Å². The van der Waals surface area contributed by atoms with E-state index in [1.165, 1.54) is 18.2 Å². The number of hydrogen-bond acceptors (Lipinski definition) is 2. The first-order chi connectivity index (χ1) is 5.65. The molecule has 0 aliphatic rings. The van der Waals surface area contributed by atoms with Crippen LogP contribution in [-0.2, 0) is 0 Å². The van der Waals surface area contributed by atoms with E-state index in [1.807, 2.05) is 22.6 Å². The Morgan fingerprint density at radius 1 is 1.50 bits per heavy atom. The van der Waals surface area contributed by atoms with E-state index in [0.29, 0.717) is 15.4 Å². The minimum Gasteiger partial charge on any atom is -0.478 e. The van der Waals surface area contributed by atoms with Gasteiger partial charge in [-0.2, -0.15) is 0 Å². The molecule has 0 fully saturated rings. The van der Waals surface area contributed by atoms with Crippen molar-refractivity contribution in [1.29, 1.82) is 0 Å². The number of carbonyl (C=O) groups excluding carboxylic acids is 1. The summed E-state index contributed by atoms with van der Waals surface area (Å²) >= 11 is 1.88. The Kier molecular flexibility index (Phi) is 2.80. The summed E-state index contributed by atoms with van der Waals surface area (Å²) in [5.74, 6) is -0.975. The van der Waals surface area contributed by atoms with Gasteiger partial charge in [-0.05, 0) is 34.7 Å². The number of aromatic carboxylic acids is 1. The highest BCUT2D eigenvalue weighted by atomic mass is 127. The second kappa shape index (κ2) is 3.66. The molecule has 0 aromatic heterocycles. The van der Waals surface area contributed by atoms with Crippen LogP contribution in [0.15, 0.2) is 18.2 Å². The van der Waals surface area contributed by atoms with Crippen molar-refractivity contribution in [3.8, 4) is 0 Å². The third kappa shape index (κ3) is 1.82. The Bertz CT molecular complexity index is 333. The number of aldehydes is 1. The highest BCUT2D eigenvalue weighted by Gasteiger charge is 2.07. The van der Waals surface area contributed by atoms with Crippen LogP contribution in [0, 0.1) is 3.57 Å². The zero-order valence-electron chi connectivity index (χ0n) is 5.95. The lowest BCUT2D eigenvalue weighted by Gasteiger charge is -1.98. The fourth-order valence-electron chi connectivity index (χ4n) is 0.778. The first-order valence-electron chi connectivity index (χ1n) is 3.13. The van der Waals surface area contributed by atoms with Crippen LogP contribution in [0.3, 0.4) is 0 Å². The maximum atomic E-state index is 10.5. The largest absolute Gasteiger partial charge is 0.478 e. The van der Waals surface area contributed by atoms with Gasteiger partial charge in [-0.25, -0.2) is 4.79 Å². The van der Waals surface area contributed by atoms with Crippen LogP contribution in [0.25, 0.3) is 0 Å². The number of carboxylic acids is 1. The minimum absolute atomic E-state index is 0.223. The molecule has 1 aromatic carbocycles. The van der Waals surface area contributed by atoms with Gasteiger partial charge in [-0.15, -0.1) is 0 Å². The highest BCUT2D eigenvalue weighted by molar-refractivity contribution is 14.1. The molecule has 0 spiro atoms. The molecule has 0 radical (unpaired) electrons. The van der Waals surface area contributed by atoms with Crippen LogP contribution in [-0.4, -0.2) is 17.4 Å². The average Bonchev–Trinajstić information content (AvgIpc) is 2.03. The Morgan fingerprint density at radius 3 is 2.58 bits per heavy atom. The molecule has 1 N–H and O–H groups in total. The summed E-state index contributed by atoms with van der Waals surface area (Å²) in [5, 5.41) is 8.64. The number of halogens is 1. The van der Waals surface area contributed by atoms with Gasteiger partial charge < -0.3 is 5.11 Å². The third-order valence-corrected chi connectivity index (χ3v) is 2.25. The normalized spacial score (nSPS) is 9.42. The first kappa shape index (κ1) is 9.18. The van der Waals surface area contributed by atoms with E-state index in [0.717, 1.165) is 0 Å². The number of carbonyl (C=O) groups is 2. The molecule has 3 nitrogen and oxygen atoms in total. The zero-order chi connectivity index (χ0) is 9.14. The molecule has 0 aliphatic heterocycles. The summed E-state index contributed by atoms with van der Waals surface area (Å²) in [4.78, 5) is 20.8. The number of benzene rings is 1. The SMILES string of the molecule is O=Cc1ccc(C(=O)O)c(I)c1. The second-order valence-electron chi connectivity index (χ2n) is 2.16. The maximum Gasteiger partial charge on any atom is 0.336 e. The van der Waals surface area contributed by atoms with Crippen molar-refractivity contribution in [2.45, 2.75) is 0 Å². The van der Waals surface area contributed by atoms with Crippen molar-refractivity contribution < 1.29 is 14.7 Å². The lowest BCUT2D eigenvalue weighted by Crippen LogP contribution is -1.99. The molecule has 0 unspecified atom stereocenters. The van der Waals surface area contributed by atoms with Gasteiger partial charge in [0.2, 0.25) is 0 Å². The van der Waals surface area contributed by atoms with Crippen molar-refractivity contribution in [1.82, 2.24) is 0 Å². The van der Waals surface area contributed by atoms with E-state index in [2.05, 4.69) is 0 Å². The van der Waals surface area contributed by atoms with E-state index >= 15 is 0 Å². The van der Waals surface area contributed by atoms with Gasteiger partial charge in [0.15, 0.2) is 0 Å². The number of carboxylic acid groups (broad SMARTS) is 1. The lowest BCUT2D eigenvalue weighted by atomic mass is 10.1. The molecule has 0 saturated heterocycles. The van der Waals surface area contributed by atoms with Gasteiger partial charge >= 0.3 is 5.97 Å². The summed E-state index contributed by atoms with van der Waals surface area (Å²) in [6.07, 6.45) is 0.688. The summed E-state index contributed by atoms with van der Waals surface area (Å²) in [6.45, 7) is 0. The van der Waals surface area contributed by atoms with Gasteiger partial charge in [0.25, 0.3) is 0 Å². The molecule has 0 bridgehead atoms. The molecule has 12 heavy (non-hydrogen) atoms. The van der Waals surface area contributed by atoms with E-state index < -0.39 is 5.97 Å². The predicted octanol–water partition coefficient (Wildman–Crippen LogP) is 1.80. The lowest BCUT2D eigenvalue weighted by molar-refractivity contribution is 0.0695. The molecule has 0 atom stereocenters. The Hall–Kier alpha value is -0.910. The van der Waals surface area contributed by atoms with Crippen LogP contribution in [0.1, 0.15) is 20.7 Å². The molecule has 1 aromatic rings. The zero-order valence-corrected chi connectivity index (χ0v) is 8.11. The van der Waals surface area contributed by atoms with Gasteiger partial charge in [0, 0.05) is 9.13 Å². The van der Waals surface area contributed by atoms with Crippen LogP contribution < -0.4 is 0 Å². The van der Waals surface area contributed by atoms with Crippen LogP contribution >= 0.6 is 22.6 Å². The van der Waals surface area contributed by atoms with Crippen LogP contribution in [0.5, 0.6) is 0 Å². The minimum atomic E-state index is -0.975. The fourth-order valence-corrected chi connectivity index (χ4v) is 1.55. The molecule has 4 heteroatoms. The predicted molar refractivity (Wildman–Crippen MR) is 51.5 cm³/mol. The Balaban J connectivity index is 3.20. The smallest absolute Gasteiger partial charge is 0.336 e. The average molecular weight is 276 g/mol. The third-order valence-electron chi connectivity index (χ3n) is 1.36. The van der Waals surface area contributed by atoms with Gasteiger partial charge in [-0.3, -0.25) is 4.79 Å².